The maximum Gasteiger partial charge on any atom is 0.219 e. The van der Waals surface area contributed by atoms with Crippen LogP contribution in [0.4, 0.5) is 0 Å². The zero-order valence-corrected chi connectivity index (χ0v) is 12.3. The van der Waals surface area contributed by atoms with Gasteiger partial charge < -0.3 is 14.8 Å². The Kier molecular flexibility index (Phi) is 5.21. The van der Waals surface area contributed by atoms with Crippen LogP contribution < -0.4 is 14.8 Å². The summed E-state index contributed by atoms with van der Waals surface area (Å²) in [6.07, 6.45) is 0.497. The van der Waals surface area contributed by atoms with Crippen LogP contribution in [0.2, 0.25) is 0 Å². The van der Waals surface area contributed by atoms with E-state index in [9.17, 15) is 4.79 Å². The summed E-state index contributed by atoms with van der Waals surface area (Å²) in [4.78, 5) is 11.2. The van der Waals surface area contributed by atoms with Crippen LogP contribution in [0.15, 0.2) is 48.5 Å². The van der Waals surface area contributed by atoms with Gasteiger partial charge in [0, 0.05) is 19.0 Å². The van der Waals surface area contributed by atoms with E-state index < -0.39 is 0 Å². The average molecular weight is 285 g/mol. The normalized spacial score (nSPS) is 10.0. The van der Waals surface area contributed by atoms with Crippen molar-refractivity contribution in [1.29, 1.82) is 0 Å². The van der Waals surface area contributed by atoms with Gasteiger partial charge in [0.1, 0.15) is 17.2 Å². The molecule has 0 bridgehead atoms. The second-order valence-electron chi connectivity index (χ2n) is 4.56. The summed E-state index contributed by atoms with van der Waals surface area (Å²) in [6.45, 7) is 2.37. The first-order valence-electron chi connectivity index (χ1n) is 6.89. The number of hydrogen-bond acceptors (Lipinski definition) is 3. The number of ether oxygens (including phenoxy) is 2. The summed E-state index contributed by atoms with van der Waals surface area (Å²) in [5.41, 5.74) is 1.04. The van der Waals surface area contributed by atoms with Crippen LogP contribution in [-0.4, -0.2) is 13.0 Å². The zero-order valence-electron chi connectivity index (χ0n) is 12.3. The third kappa shape index (κ3) is 4.53. The van der Waals surface area contributed by atoms with Crippen molar-refractivity contribution in [2.24, 2.45) is 0 Å². The van der Waals surface area contributed by atoms with Crippen molar-refractivity contribution in [3.63, 3.8) is 0 Å². The molecule has 1 amide bonds. The molecular weight excluding hydrogens is 266 g/mol. The second kappa shape index (κ2) is 7.33. The first-order valence-corrected chi connectivity index (χ1v) is 6.89. The summed E-state index contributed by atoms with van der Waals surface area (Å²) in [7, 11) is 1.62. The highest BCUT2D eigenvalue weighted by Crippen LogP contribution is 2.25. The standard InChI is InChI=1S/C17H19NO3/c1-3-17(19)18-12-13-7-9-14(10-8-13)21-16-6-4-5-15(11-16)20-2/h4-11H,3,12H2,1-2H3,(H,18,19). The quantitative estimate of drug-likeness (QED) is 0.883. The van der Waals surface area contributed by atoms with Gasteiger partial charge in [0.25, 0.3) is 0 Å². The van der Waals surface area contributed by atoms with Gasteiger partial charge in [0.15, 0.2) is 0 Å². The number of benzene rings is 2. The summed E-state index contributed by atoms with van der Waals surface area (Å²) in [5.74, 6) is 2.27. The zero-order chi connectivity index (χ0) is 15.1. The van der Waals surface area contributed by atoms with E-state index in [2.05, 4.69) is 5.32 Å². The molecule has 0 aliphatic rings. The highest BCUT2D eigenvalue weighted by atomic mass is 16.5. The molecule has 0 unspecified atom stereocenters. The van der Waals surface area contributed by atoms with Crippen molar-refractivity contribution in [1.82, 2.24) is 5.32 Å². The molecule has 0 atom stereocenters. The average Bonchev–Trinajstić information content (AvgIpc) is 2.54. The topological polar surface area (TPSA) is 47.6 Å². The van der Waals surface area contributed by atoms with Gasteiger partial charge in [-0.1, -0.05) is 25.1 Å². The van der Waals surface area contributed by atoms with E-state index in [-0.39, 0.29) is 5.91 Å². The molecule has 0 radical (unpaired) electrons. The fourth-order valence-electron chi connectivity index (χ4n) is 1.80. The van der Waals surface area contributed by atoms with Crippen LogP contribution >= 0.6 is 0 Å². The van der Waals surface area contributed by atoms with Gasteiger partial charge in [-0.2, -0.15) is 0 Å². The Hall–Kier alpha value is -2.49. The number of hydrogen-bond donors (Lipinski definition) is 1. The highest BCUT2D eigenvalue weighted by Gasteiger charge is 2.01. The molecule has 2 aromatic rings. The minimum Gasteiger partial charge on any atom is -0.497 e. The Morgan fingerprint density at radius 3 is 2.43 bits per heavy atom. The maximum absolute atomic E-state index is 11.2. The van der Waals surface area contributed by atoms with Gasteiger partial charge in [0.05, 0.1) is 7.11 Å². The summed E-state index contributed by atoms with van der Waals surface area (Å²) in [5, 5.41) is 2.84. The lowest BCUT2D eigenvalue weighted by Gasteiger charge is -2.08. The minimum atomic E-state index is 0.0479. The Balaban J connectivity index is 1.97. The number of rotatable bonds is 6. The van der Waals surface area contributed by atoms with Crippen molar-refractivity contribution in [2.45, 2.75) is 19.9 Å². The third-order valence-corrected chi connectivity index (χ3v) is 3.01. The van der Waals surface area contributed by atoms with Gasteiger partial charge in [-0.15, -0.1) is 0 Å². The fraction of sp³-hybridized carbons (Fsp3) is 0.235. The van der Waals surface area contributed by atoms with E-state index in [1.807, 2.05) is 55.5 Å². The van der Waals surface area contributed by atoms with Gasteiger partial charge in [-0.25, -0.2) is 0 Å². The van der Waals surface area contributed by atoms with E-state index >= 15 is 0 Å². The van der Waals surface area contributed by atoms with E-state index in [1.165, 1.54) is 0 Å². The summed E-state index contributed by atoms with van der Waals surface area (Å²) in [6, 6.07) is 15.1. The predicted octanol–water partition coefficient (Wildman–Crippen LogP) is 3.51. The number of carbonyl (C=O) groups is 1. The number of carbonyl (C=O) groups excluding carboxylic acids is 1. The minimum absolute atomic E-state index is 0.0479. The monoisotopic (exact) mass is 285 g/mol. The molecule has 0 saturated carbocycles. The smallest absolute Gasteiger partial charge is 0.219 e. The van der Waals surface area contributed by atoms with E-state index in [0.29, 0.717) is 13.0 Å². The molecule has 1 N–H and O–H groups in total. The Bertz CT molecular complexity index is 593. The SMILES string of the molecule is CCC(=O)NCc1ccc(Oc2cccc(OC)c2)cc1. The van der Waals surface area contributed by atoms with E-state index in [4.69, 9.17) is 9.47 Å². The number of nitrogens with one attached hydrogen (secondary N) is 1. The van der Waals surface area contributed by atoms with Crippen molar-refractivity contribution in [2.75, 3.05) is 7.11 Å². The summed E-state index contributed by atoms with van der Waals surface area (Å²) >= 11 is 0. The Morgan fingerprint density at radius 2 is 1.76 bits per heavy atom. The lowest BCUT2D eigenvalue weighted by Crippen LogP contribution is -2.21. The molecule has 0 heterocycles. The molecule has 4 nitrogen and oxygen atoms in total. The predicted molar refractivity (Wildman–Crippen MR) is 81.6 cm³/mol. The molecular formula is C17H19NO3. The van der Waals surface area contributed by atoms with E-state index in [0.717, 1.165) is 22.8 Å². The molecule has 0 aliphatic carbocycles. The molecule has 0 aromatic heterocycles. The van der Waals surface area contributed by atoms with Crippen LogP contribution in [0.1, 0.15) is 18.9 Å². The third-order valence-electron chi connectivity index (χ3n) is 3.01. The van der Waals surface area contributed by atoms with Gasteiger partial charge >= 0.3 is 0 Å². The lowest BCUT2D eigenvalue weighted by atomic mass is 10.2. The molecule has 21 heavy (non-hydrogen) atoms. The van der Waals surface area contributed by atoms with Crippen LogP contribution in [0.25, 0.3) is 0 Å². The molecule has 0 fully saturated rings. The van der Waals surface area contributed by atoms with Gasteiger partial charge in [-0.3, -0.25) is 4.79 Å². The van der Waals surface area contributed by atoms with Crippen molar-refractivity contribution >= 4 is 5.91 Å². The van der Waals surface area contributed by atoms with Crippen molar-refractivity contribution in [3.8, 4) is 17.2 Å². The van der Waals surface area contributed by atoms with Crippen molar-refractivity contribution < 1.29 is 14.3 Å². The van der Waals surface area contributed by atoms with Gasteiger partial charge in [-0.05, 0) is 29.8 Å². The van der Waals surface area contributed by atoms with Crippen LogP contribution in [-0.2, 0) is 11.3 Å². The summed E-state index contributed by atoms with van der Waals surface area (Å²) < 4.78 is 10.9. The Morgan fingerprint density at radius 1 is 1.05 bits per heavy atom. The van der Waals surface area contributed by atoms with E-state index in [1.54, 1.807) is 7.11 Å². The molecule has 0 aliphatic heterocycles. The van der Waals surface area contributed by atoms with Crippen LogP contribution in [0, 0.1) is 0 Å². The lowest BCUT2D eigenvalue weighted by molar-refractivity contribution is -0.120. The van der Waals surface area contributed by atoms with Crippen LogP contribution in [0.5, 0.6) is 17.2 Å². The molecule has 4 heteroatoms. The van der Waals surface area contributed by atoms with Crippen molar-refractivity contribution in [3.05, 3.63) is 54.1 Å². The van der Waals surface area contributed by atoms with Crippen LogP contribution in [0.3, 0.4) is 0 Å². The molecule has 0 spiro atoms. The largest absolute Gasteiger partial charge is 0.497 e. The van der Waals surface area contributed by atoms with Gasteiger partial charge in [0.2, 0.25) is 5.91 Å². The fourth-order valence-corrected chi connectivity index (χ4v) is 1.80. The number of amides is 1. The molecule has 2 rings (SSSR count). The first kappa shape index (κ1) is 14.9. The second-order valence-corrected chi connectivity index (χ2v) is 4.56. The highest BCUT2D eigenvalue weighted by molar-refractivity contribution is 5.75. The Labute approximate surface area is 124 Å². The maximum atomic E-state index is 11.2. The first-order chi connectivity index (χ1) is 10.2. The number of methoxy groups -OCH3 is 1. The molecule has 110 valence electrons. The molecule has 0 saturated heterocycles. The molecule has 2 aromatic carbocycles.